The number of nitrogens with one attached hydrogen (secondary N) is 1. The van der Waals surface area contributed by atoms with Crippen LogP contribution in [0.25, 0.3) is 16.6 Å². The molecule has 1 amide bonds. The van der Waals surface area contributed by atoms with E-state index in [0.29, 0.717) is 16.6 Å². The summed E-state index contributed by atoms with van der Waals surface area (Å²) in [6.07, 6.45) is -4.63. The Balaban J connectivity index is 2.15. The molecule has 0 atom stereocenters. The summed E-state index contributed by atoms with van der Waals surface area (Å²) in [4.78, 5) is 23.2. The highest BCUT2D eigenvalue weighted by molar-refractivity contribution is 6.00. The lowest BCUT2D eigenvalue weighted by Gasteiger charge is -2.13. The van der Waals surface area contributed by atoms with Crippen LogP contribution in [0.5, 0.6) is 5.75 Å². The third-order valence-corrected chi connectivity index (χ3v) is 4.27. The maximum Gasteiger partial charge on any atom is 0.573 e. The lowest BCUT2D eigenvalue weighted by Crippen LogP contribution is -2.21. The van der Waals surface area contributed by atoms with Gasteiger partial charge in [-0.1, -0.05) is 12.1 Å². The number of ether oxygens (including phenoxy) is 1. The summed E-state index contributed by atoms with van der Waals surface area (Å²) in [5, 5.41) is 11.9. The summed E-state index contributed by atoms with van der Waals surface area (Å²) < 4.78 is 43.4. The number of carbonyl (C=O) groups excluding carboxylic acids is 1. The quantitative estimate of drug-likeness (QED) is 0.651. The number of halogens is 3. The number of carbonyl (C=O) groups is 2. The summed E-state index contributed by atoms with van der Waals surface area (Å²) >= 11 is 0. The first kappa shape index (κ1) is 20.2. The molecule has 3 rings (SSSR count). The first-order valence-electron chi connectivity index (χ1n) is 8.62. The van der Waals surface area contributed by atoms with Crippen molar-refractivity contribution in [3.8, 4) is 11.4 Å². The van der Waals surface area contributed by atoms with Crippen molar-refractivity contribution >= 4 is 22.8 Å². The van der Waals surface area contributed by atoms with Crippen LogP contribution in [0.3, 0.4) is 0 Å². The molecule has 2 N–H and O–H groups in total. The van der Waals surface area contributed by atoms with Crippen LogP contribution in [-0.4, -0.2) is 35.0 Å². The Morgan fingerprint density at radius 3 is 2.55 bits per heavy atom. The normalized spacial score (nSPS) is 11.4. The van der Waals surface area contributed by atoms with E-state index in [-0.39, 0.29) is 18.5 Å². The molecule has 0 unspecified atom stereocenters. The molecule has 0 saturated carbocycles. The van der Waals surface area contributed by atoms with Gasteiger partial charge in [0.2, 0.25) is 0 Å². The Bertz CT molecular complexity index is 1070. The average Bonchev–Trinajstić information content (AvgIpc) is 3.03. The van der Waals surface area contributed by atoms with Crippen molar-refractivity contribution in [2.24, 2.45) is 0 Å². The summed E-state index contributed by atoms with van der Waals surface area (Å²) in [6, 6.07) is 12.2. The number of carboxylic acid groups (broad SMARTS) is 1. The second-order valence-corrected chi connectivity index (χ2v) is 6.28. The monoisotopic (exact) mass is 406 g/mol. The maximum atomic E-state index is 12.6. The average molecular weight is 406 g/mol. The molecule has 29 heavy (non-hydrogen) atoms. The van der Waals surface area contributed by atoms with Crippen LogP contribution >= 0.6 is 0 Å². The molecule has 3 aromatic rings. The van der Waals surface area contributed by atoms with E-state index in [1.807, 2.05) is 0 Å². The van der Waals surface area contributed by atoms with Gasteiger partial charge in [-0.3, -0.25) is 9.59 Å². The first-order chi connectivity index (χ1) is 13.7. The van der Waals surface area contributed by atoms with Crippen LogP contribution in [0.1, 0.15) is 22.5 Å². The third kappa shape index (κ3) is 4.68. The van der Waals surface area contributed by atoms with Crippen LogP contribution < -0.4 is 10.1 Å². The molecule has 0 aliphatic heterocycles. The number of hydrogen-bond acceptors (Lipinski definition) is 3. The van der Waals surface area contributed by atoms with Crippen LogP contribution in [-0.2, 0) is 11.2 Å². The zero-order valence-electron chi connectivity index (χ0n) is 15.3. The van der Waals surface area contributed by atoms with Gasteiger partial charge < -0.3 is 19.7 Å². The maximum absolute atomic E-state index is 12.6. The molecule has 1 heterocycles. The van der Waals surface area contributed by atoms with E-state index >= 15 is 0 Å². The van der Waals surface area contributed by atoms with Crippen LogP contribution in [0, 0.1) is 0 Å². The second-order valence-electron chi connectivity index (χ2n) is 6.28. The van der Waals surface area contributed by atoms with Crippen LogP contribution in [0.15, 0.2) is 48.5 Å². The predicted octanol–water partition coefficient (Wildman–Crippen LogP) is 3.91. The van der Waals surface area contributed by atoms with Crippen molar-refractivity contribution in [1.29, 1.82) is 0 Å². The standard InChI is InChI=1S/C20H17F3N2O4/c1-24-19(28)17-10-13-6-7-15(29-20(21,22)23)11-16(13)25(17)14-4-2-3-12(9-14)5-8-18(26)27/h2-4,6-7,9-11H,5,8H2,1H3,(H,24,28)(H,26,27). The number of benzene rings is 2. The molecule has 0 saturated heterocycles. The van der Waals surface area contributed by atoms with E-state index < -0.39 is 24.0 Å². The van der Waals surface area contributed by atoms with Gasteiger partial charge in [-0.05, 0) is 42.3 Å². The smallest absolute Gasteiger partial charge is 0.481 e. The van der Waals surface area contributed by atoms with Crippen LogP contribution in [0.2, 0.25) is 0 Å². The molecule has 0 aliphatic rings. The fourth-order valence-corrected chi connectivity index (χ4v) is 3.05. The molecule has 0 spiro atoms. The minimum Gasteiger partial charge on any atom is -0.481 e. The van der Waals surface area contributed by atoms with Crippen molar-refractivity contribution < 1.29 is 32.6 Å². The van der Waals surface area contributed by atoms with Gasteiger partial charge in [-0.2, -0.15) is 0 Å². The Kier molecular flexibility index (Phi) is 5.49. The van der Waals surface area contributed by atoms with Gasteiger partial charge in [0.15, 0.2) is 0 Å². The van der Waals surface area contributed by atoms with Gasteiger partial charge in [0.05, 0.1) is 5.52 Å². The van der Waals surface area contributed by atoms with Gasteiger partial charge >= 0.3 is 12.3 Å². The van der Waals surface area contributed by atoms with E-state index in [1.165, 1.54) is 29.8 Å². The predicted molar refractivity (Wildman–Crippen MR) is 99.3 cm³/mol. The molecule has 0 radical (unpaired) electrons. The fourth-order valence-electron chi connectivity index (χ4n) is 3.05. The molecule has 0 bridgehead atoms. The molecular formula is C20H17F3N2O4. The van der Waals surface area contributed by atoms with E-state index in [4.69, 9.17) is 5.11 Å². The molecule has 6 nitrogen and oxygen atoms in total. The number of carboxylic acids is 1. The molecule has 152 valence electrons. The summed E-state index contributed by atoms with van der Waals surface area (Å²) in [5.74, 6) is -1.77. The van der Waals surface area contributed by atoms with Crippen LogP contribution in [0.4, 0.5) is 13.2 Å². The minimum atomic E-state index is -4.84. The number of amides is 1. The number of aromatic nitrogens is 1. The van der Waals surface area contributed by atoms with E-state index in [1.54, 1.807) is 30.3 Å². The fraction of sp³-hybridized carbons (Fsp3) is 0.200. The Labute approximate surface area is 163 Å². The molecule has 9 heteroatoms. The number of aryl methyl sites for hydroxylation is 1. The van der Waals surface area contributed by atoms with Crippen molar-refractivity contribution in [2.75, 3.05) is 7.05 Å². The largest absolute Gasteiger partial charge is 0.573 e. The summed E-state index contributed by atoms with van der Waals surface area (Å²) in [6.45, 7) is 0. The van der Waals surface area contributed by atoms with Crippen molar-refractivity contribution in [3.63, 3.8) is 0 Å². The lowest BCUT2D eigenvalue weighted by atomic mass is 10.1. The number of hydrogen-bond donors (Lipinski definition) is 2. The van der Waals surface area contributed by atoms with Crippen molar-refractivity contribution in [2.45, 2.75) is 19.2 Å². The van der Waals surface area contributed by atoms with Gasteiger partial charge in [0.1, 0.15) is 11.4 Å². The van der Waals surface area contributed by atoms with E-state index in [2.05, 4.69) is 10.1 Å². The minimum absolute atomic E-state index is 0.0677. The highest BCUT2D eigenvalue weighted by Gasteiger charge is 2.31. The van der Waals surface area contributed by atoms with Crippen molar-refractivity contribution in [1.82, 2.24) is 9.88 Å². The van der Waals surface area contributed by atoms with Gasteiger partial charge in [-0.15, -0.1) is 13.2 Å². The summed E-state index contributed by atoms with van der Waals surface area (Å²) in [7, 11) is 1.45. The topological polar surface area (TPSA) is 80.6 Å². The molecule has 0 fully saturated rings. The zero-order chi connectivity index (χ0) is 21.2. The van der Waals surface area contributed by atoms with E-state index in [9.17, 15) is 22.8 Å². The Morgan fingerprint density at radius 1 is 1.14 bits per heavy atom. The number of nitrogens with zero attached hydrogens (tertiary/aromatic N) is 1. The number of rotatable bonds is 6. The zero-order valence-corrected chi connectivity index (χ0v) is 15.3. The molecule has 2 aromatic carbocycles. The number of alkyl halides is 3. The number of aliphatic carboxylic acids is 1. The molecule has 0 aliphatic carbocycles. The van der Waals surface area contributed by atoms with Crippen molar-refractivity contribution in [3.05, 3.63) is 59.8 Å². The molecule has 1 aromatic heterocycles. The Morgan fingerprint density at radius 2 is 1.90 bits per heavy atom. The molecular weight excluding hydrogens is 389 g/mol. The van der Waals surface area contributed by atoms with Gasteiger partial charge in [-0.25, -0.2) is 0 Å². The van der Waals surface area contributed by atoms with Gasteiger partial charge in [0.25, 0.3) is 5.91 Å². The Hall–Kier alpha value is -3.49. The second kappa shape index (κ2) is 7.86. The van der Waals surface area contributed by atoms with E-state index in [0.717, 1.165) is 5.56 Å². The van der Waals surface area contributed by atoms with Gasteiger partial charge in [0, 0.05) is 30.6 Å². The summed E-state index contributed by atoms with van der Waals surface area (Å²) in [5.41, 5.74) is 1.81. The highest BCUT2D eigenvalue weighted by atomic mass is 19.4. The third-order valence-electron chi connectivity index (χ3n) is 4.27. The lowest BCUT2D eigenvalue weighted by molar-refractivity contribution is -0.274. The highest BCUT2D eigenvalue weighted by Crippen LogP contribution is 2.31. The SMILES string of the molecule is CNC(=O)c1cc2ccc(OC(F)(F)F)cc2n1-c1cccc(CCC(=O)O)c1. The first-order valence-corrected chi connectivity index (χ1v) is 8.62. The number of fused-ring (bicyclic) bond motifs is 1.